The van der Waals surface area contributed by atoms with E-state index in [0.717, 1.165) is 0 Å². The number of aliphatic hydroxyl groups excluding tert-OH is 2. The second-order valence-corrected chi connectivity index (χ2v) is 3.73. The predicted octanol–water partition coefficient (Wildman–Crippen LogP) is 0.528. The van der Waals surface area contributed by atoms with Gasteiger partial charge in [-0.05, 0) is 6.42 Å². The second kappa shape index (κ2) is 5.75. The molecule has 0 bridgehead atoms. The average Bonchev–Trinajstić information content (AvgIpc) is 2.28. The van der Waals surface area contributed by atoms with Crippen molar-refractivity contribution in [2.75, 3.05) is 5.33 Å². The Labute approximate surface area is 95.5 Å². The van der Waals surface area contributed by atoms with E-state index in [2.05, 4.69) is 25.9 Å². The first-order chi connectivity index (χ1) is 7.19. The lowest BCUT2D eigenvalue weighted by molar-refractivity contribution is 0.0169. The summed E-state index contributed by atoms with van der Waals surface area (Å²) in [5, 5.41) is 28.2. The largest absolute Gasteiger partial charge is 0.390 e. The van der Waals surface area contributed by atoms with Crippen LogP contribution in [0.15, 0.2) is 12.4 Å². The molecule has 0 spiro atoms. The van der Waals surface area contributed by atoms with Crippen molar-refractivity contribution in [3.8, 4) is 6.07 Å². The highest BCUT2D eigenvalue weighted by molar-refractivity contribution is 9.09. The summed E-state index contributed by atoms with van der Waals surface area (Å²) in [5.41, 5.74) is 0.405. The van der Waals surface area contributed by atoms with E-state index in [0.29, 0.717) is 17.3 Å². The second-order valence-electron chi connectivity index (χ2n) is 2.94. The third kappa shape index (κ3) is 3.23. The van der Waals surface area contributed by atoms with Crippen molar-refractivity contribution in [3.63, 3.8) is 0 Å². The number of hydrogen-bond donors (Lipinski definition) is 2. The fourth-order valence-electron chi connectivity index (χ4n) is 1.04. The molecule has 1 aromatic rings. The van der Waals surface area contributed by atoms with Crippen LogP contribution in [0, 0.1) is 11.3 Å². The Kier molecular flexibility index (Phi) is 4.62. The summed E-state index contributed by atoms with van der Waals surface area (Å²) in [6.45, 7) is 0. The van der Waals surface area contributed by atoms with Crippen LogP contribution in [0.2, 0.25) is 0 Å². The van der Waals surface area contributed by atoms with Crippen LogP contribution in [0.25, 0.3) is 0 Å². The molecule has 15 heavy (non-hydrogen) atoms. The molecule has 0 aromatic carbocycles. The quantitative estimate of drug-likeness (QED) is 0.780. The van der Waals surface area contributed by atoms with Gasteiger partial charge in [-0.15, -0.1) is 0 Å². The molecule has 80 valence electrons. The van der Waals surface area contributed by atoms with Gasteiger partial charge >= 0.3 is 0 Å². The molecular weight excluding hydrogens is 262 g/mol. The topological polar surface area (TPSA) is 90.0 Å². The number of nitriles is 1. The molecule has 2 unspecified atom stereocenters. The van der Waals surface area contributed by atoms with Crippen LogP contribution in [-0.2, 0) is 0 Å². The van der Waals surface area contributed by atoms with E-state index >= 15 is 0 Å². The van der Waals surface area contributed by atoms with Gasteiger partial charge in [0.05, 0.1) is 6.10 Å². The van der Waals surface area contributed by atoms with Crippen LogP contribution in [0.1, 0.15) is 23.9 Å². The summed E-state index contributed by atoms with van der Waals surface area (Å²) in [4.78, 5) is 7.41. The van der Waals surface area contributed by atoms with Crippen LogP contribution < -0.4 is 0 Å². The fraction of sp³-hybridized carbons (Fsp3) is 0.444. The van der Waals surface area contributed by atoms with Gasteiger partial charge in [0.15, 0.2) is 0 Å². The molecule has 0 saturated heterocycles. The number of alkyl halides is 1. The zero-order valence-corrected chi connectivity index (χ0v) is 9.42. The number of hydrogen-bond acceptors (Lipinski definition) is 5. The zero-order chi connectivity index (χ0) is 11.3. The van der Waals surface area contributed by atoms with Gasteiger partial charge in [-0.2, -0.15) is 5.26 Å². The van der Waals surface area contributed by atoms with Crippen LogP contribution in [-0.4, -0.2) is 31.6 Å². The molecule has 6 heteroatoms. The molecule has 1 aromatic heterocycles. The highest BCUT2D eigenvalue weighted by atomic mass is 79.9. The van der Waals surface area contributed by atoms with E-state index in [1.165, 1.54) is 12.4 Å². The van der Waals surface area contributed by atoms with Crippen LogP contribution in [0.5, 0.6) is 0 Å². The molecule has 0 fully saturated rings. The molecule has 1 rings (SSSR count). The Morgan fingerprint density at radius 1 is 1.40 bits per heavy atom. The van der Waals surface area contributed by atoms with Gasteiger partial charge in [-0.1, -0.05) is 15.9 Å². The standard InChI is InChI=1S/C9H10BrN3O2/c10-2-1-7(14)9(15)6-4-12-8(3-11)13-5-6/h4-5,7,9,14-15H,1-2H2. The van der Waals surface area contributed by atoms with Crippen LogP contribution in [0.4, 0.5) is 0 Å². The maximum Gasteiger partial charge on any atom is 0.232 e. The lowest BCUT2D eigenvalue weighted by atomic mass is 10.1. The molecule has 0 aliphatic carbocycles. The van der Waals surface area contributed by atoms with Crippen molar-refractivity contribution in [2.45, 2.75) is 18.6 Å². The Morgan fingerprint density at radius 3 is 2.47 bits per heavy atom. The third-order valence-corrected chi connectivity index (χ3v) is 2.34. The normalized spacial score (nSPS) is 14.3. The number of nitrogens with zero attached hydrogens (tertiary/aromatic N) is 3. The summed E-state index contributed by atoms with van der Waals surface area (Å²) < 4.78 is 0. The predicted molar refractivity (Wildman–Crippen MR) is 56.1 cm³/mol. The van der Waals surface area contributed by atoms with E-state index < -0.39 is 12.2 Å². The van der Waals surface area contributed by atoms with E-state index in [1.54, 1.807) is 6.07 Å². The highest BCUT2D eigenvalue weighted by Crippen LogP contribution is 2.17. The summed E-state index contributed by atoms with van der Waals surface area (Å²) >= 11 is 3.17. The molecule has 2 atom stereocenters. The molecule has 1 heterocycles. The van der Waals surface area contributed by atoms with Gasteiger partial charge < -0.3 is 10.2 Å². The smallest absolute Gasteiger partial charge is 0.232 e. The van der Waals surface area contributed by atoms with Crippen LogP contribution in [0.3, 0.4) is 0 Å². The Morgan fingerprint density at radius 2 is 2.00 bits per heavy atom. The van der Waals surface area contributed by atoms with Crippen molar-refractivity contribution < 1.29 is 10.2 Å². The first kappa shape index (κ1) is 12.0. The summed E-state index contributed by atoms with van der Waals surface area (Å²) in [6, 6.07) is 1.77. The highest BCUT2D eigenvalue weighted by Gasteiger charge is 2.18. The van der Waals surface area contributed by atoms with Gasteiger partial charge in [0.25, 0.3) is 0 Å². The molecule has 0 radical (unpaired) electrons. The zero-order valence-electron chi connectivity index (χ0n) is 7.84. The van der Waals surface area contributed by atoms with Gasteiger partial charge in [-0.3, -0.25) is 0 Å². The third-order valence-electron chi connectivity index (χ3n) is 1.88. The summed E-state index contributed by atoms with van der Waals surface area (Å²) in [5.74, 6) is 0.0425. The fourth-order valence-corrected chi connectivity index (χ4v) is 1.51. The van der Waals surface area contributed by atoms with Crippen molar-refractivity contribution in [3.05, 3.63) is 23.8 Å². The molecule has 0 aliphatic heterocycles. The number of halogens is 1. The van der Waals surface area contributed by atoms with E-state index in [1.807, 2.05) is 0 Å². The Balaban J connectivity index is 2.74. The first-order valence-corrected chi connectivity index (χ1v) is 5.45. The van der Waals surface area contributed by atoms with Crippen molar-refractivity contribution in [2.24, 2.45) is 0 Å². The van der Waals surface area contributed by atoms with Crippen molar-refractivity contribution in [1.82, 2.24) is 9.97 Å². The lowest BCUT2D eigenvalue weighted by Crippen LogP contribution is -2.19. The Bertz CT molecular complexity index is 349. The van der Waals surface area contributed by atoms with Crippen LogP contribution >= 0.6 is 15.9 Å². The minimum Gasteiger partial charge on any atom is -0.390 e. The maximum atomic E-state index is 9.65. The molecular formula is C9H10BrN3O2. The van der Waals surface area contributed by atoms with Gasteiger partial charge in [0.1, 0.15) is 12.2 Å². The average molecular weight is 272 g/mol. The van der Waals surface area contributed by atoms with Gasteiger partial charge in [-0.25, -0.2) is 9.97 Å². The number of aromatic nitrogens is 2. The summed E-state index contributed by atoms with van der Waals surface area (Å²) in [6.07, 6.45) is 1.24. The van der Waals surface area contributed by atoms with Gasteiger partial charge in [0.2, 0.25) is 5.82 Å². The SMILES string of the molecule is N#Cc1ncc(C(O)C(O)CCBr)cn1. The minimum absolute atomic E-state index is 0.0425. The van der Waals surface area contributed by atoms with Crippen molar-refractivity contribution >= 4 is 15.9 Å². The molecule has 0 saturated carbocycles. The van der Waals surface area contributed by atoms with E-state index in [9.17, 15) is 10.2 Å². The molecule has 0 amide bonds. The molecule has 2 N–H and O–H groups in total. The maximum absolute atomic E-state index is 9.65. The monoisotopic (exact) mass is 271 g/mol. The number of rotatable bonds is 4. The van der Waals surface area contributed by atoms with Crippen molar-refractivity contribution in [1.29, 1.82) is 5.26 Å². The minimum atomic E-state index is -1.02. The van der Waals surface area contributed by atoms with E-state index in [4.69, 9.17) is 5.26 Å². The molecule has 5 nitrogen and oxygen atoms in total. The lowest BCUT2D eigenvalue weighted by Gasteiger charge is -2.16. The van der Waals surface area contributed by atoms with E-state index in [-0.39, 0.29) is 5.82 Å². The molecule has 0 aliphatic rings. The van der Waals surface area contributed by atoms with Gasteiger partial charge in [0, 0.05) is 23.3 Å². The Hall–Kier alpha value is -1.03. The first-order valence-electron chi connectivity index (χ1n) is 4.33. The summed E-state index contributed by atoms with van der Waals surface area (Å²) in [7, 11) is 0. The number of aliphatic hydroxyl groups is 2.